The second-order valence-corrected chi connectivity index (χ2v) is 11.7. The van der Waals surface area contributed by atoms with Crippen LogP contribution in [0.25, 0.3) is 0 Å². The predicted molar refractivity (Wildman–Crippen MR) is 159 cm³/mol. The lowest BCUT2D eigenvalue weighted by Crippen LogP contribution is -2.52. The van der Waals surface area contributed by atoms with E-state index in [-0.39, 0.29) is 12.5 Å². The molecular weight excluding hydrogens is 550 g/mol. The van der Waals surface area contributed by atoms with Crippen molar-refractivity contribution in [3.8, 4) is 11.5 Å². The number of unbranched alkanes of at least 4 members (excludes halogenated alkanes) is 1. The Bertz CT molecular complexity index is 1350. The Labute approximate surface area is 241 Å². The molecule has 0 aromatic heterocycles. The molecule has 0 saturated carbocycles. The van der Waals surface area contributed by atoms with Gasteiger partial charge in [0, 0.05) is 18.1 Å². The number of sulfonamides is 1. The standard InChI is InChI=1S/C30H36ClN3O5S/c1-4-6-20-32-30(36)28(5-2)33(21-23-12-14-24(31)15-13-23)29(35)22-34(40(3,37)38)25-16-18-27(19-17-25)39-26-10-8-7-9-11-26/h7-19,28H,4-6,20-22H2,1-3H3,(H,32,36)/t28-/m0/s1. The molecule has 3 aromatic rings. The van der Waals surface area contributed by atoms with Gasteiger partial charge in [-0.15, -0.1) is 0 Å². The molecule has 0 saturated heterocycles. The van der Waals surface area contributed by atoms with Crippen molar-refractivity contribution >= 4 is 39.1 Å². The van der Waals surface area contributed by atoms with Gasteiger partial charge >= 0.3 is 0 Å². The number of carbonyl (C=O) groups is 2. The lowest BCUT2D eigenvalue weighted by molar-refractivity contribution is -0.140. The van der Waals surface area contributed by atoms with Crippen molar-refractivity contribution < 1.29 is 22.7 Å². The van der Waals surface area contributed by atoms with Crippen LogP contribution >= 0.6 is 11.6 Å². The highest BCUT2D eigenvalue weighted by Crippen LogP contribution is 2.26. The first-order valence-electron chi connectivity index (χ1n) is 13.2. The van der Waals surface area contributed by atoms with Crippen molar-refractivity contribution in [1.29, 1.82) is 0 Å². The van der Waals surface area contributed by atoms with E-state index in [0.29, 0.717) is 35.2 Å². The van der Waals surface area contributed by atoms with Gasteiger partial charge in [-0.2, -0.15) is 0 Å². The minimum atomic E-state index is -3.84. The zero-order chi connectivity index (χ0) is 29.1. The Balaban J connectivity index is 1.87. The summed E-state index contributed by atoms with van der Waals surface area (Å²) in [5.74, 6) is 0.397. The molecule has 0 radical (unpaired) electrons. The van der Waals surface area contributed by atoms with E-state index in [2.05, 4.69) is 5.32 Å². The number of ether oxygens (including phenoxy) is 1. The Morgan fingerprint density at radius 1 is 0.925 bits per heavy atom. The molecule has 3 rings (SSSR count). The number of nitrogens with one attached hydrogen (secondary N) is 1. The number of carbonyl (C=O) groups excluding carboxylic acids is 2. The molecule has 1 N–H and O–H groups in total. The summed E-state index contributed by atoms with van der Waals surface area (Å²) in [7, 11) is -3.84. The number of benzene rings is 3. The molecule has 8 nitrogen and oxygen atoms in total. The summed E-state index contributed by atoms with van der Waals surface area (Å²) < 4.78 is 32.5. The van der Waals surface area contributed by atoms with Crippen LogP contribution in [0.4, 0.5) is 5.69 Å². The van der Waals surface area contributed by atoms with Crippen LogP contribution in [0.5, 0.6) is 11.5 Å². The molecule has 10 heteroatoms. The van der Waals surface area contributed by atoms with Crippen LogP contribution in [0.2, 0.25) is 5.02 Å². The van der Waals surface area contributed by atoms with Crippen LogP contribution in [0.3, 0.4) is 0 Å². The van der Waals surface area contributed by atoms with Crippen molar-refractivity contribution in [2.75, 3.05) is 23.7 Å². The quantitative estimate of drug-likeness (QED) is 0.248. The minimum absolute atomic E-state index is 0.122. The molecule has 0 fully saturated rings. The minimum Gasteiger partial charge on any atom is -0.457 e. The van der Waals surface area contributed by atoms with Gasteiger partial charge in [-0.25, -0.2) is 8.42 Å². The van der Waals surface area contributed by atoms with Crippen molar-refractivity contribution in [3.05, 3.63) is 89.4 Å². The first kappa shape index (κ1) is 31.0. The maximum Gasteiger partial charge on any atom is 0.244 e. The van der Waals surface area contributed by atoms with Gasteiger partial charge in [-0.1, -0.05) is 62.2 Å². The number of rotatable bonds is 14. The van der Waals surface area contributed by atoms with E-state index in [1.807, 2.05) is 44.2 Å². The van der Waals surface area contributed by atoms with E-state index >= 15 is 0 Å². The van der Waals surface area contributed by atoms with Crippen molar-refractivity contribution in [1.82, 2.24) is 10.2 Å². The van der Waals surface area contributed by atoms with Gasteiger partial charge in [0.25, 0.3) is 0 Å². The van der Waals surface area contributed by atoms with Gasteiger partial charge in [0.1, 0.15) is 24.1 Å². The van der Waals surface area contributed by atoms with Gasteiger partial charge in [-0.05, 0) is 66.9 Å². The maximum absolute atomic E-state index is 13.8. The zero-order valence-corrected chi connectivity index (χ0v) is 24.6. The highest BCUT2D eigenvalue weighted by molar-refractivity contribution is 7.92. The van der Waals surface area contributed by atoms with Gasteiger partial charge < -0.3 is 15.0 Å². The van der Waals surface area contributed by atoms with E-state index in [1.165, 1.54) is 4.90 Å². The third kappa shape index (κ3) is 8.99. The summed E-state index contributed by atoms with van der Waals surface area (Å²) >= 11 is 6.04. The molecule has 3 aromatic carbocycles. The van der Waals surface area contributed by atoms with Gasteiger partial charge in [0.2, 0.25) is 21.8 Å². The first-order chi connectivity index (χ1) is 19.1. The number of halogens is 1. The Morgan fingerprint density at radius 3 is 2.12 bits per heavy atom. The van der Waals surface area contributed by atoms with Crippen LogP contribution < -0.4 is 14.4 Å². The van der Waals surface area contributed by atoms with E-state index in [1.54, 1.807) is 48.5 Å². The molecule has 40 heavy (non-hydrogen) atoms. The molecule has 2 amide bonds. The predicted octanol–water partition coefficient (Wildman–Crippen LogP) is 5.62. The highest BCUT2D eigenvalue weighted by atomic mass is 35.5. The van der Waals surface area contributed by atoms with E-state index < -0.39 is 28.5 Å². The topological polar surface area (TPSA) is 96.0 Å². The van der Waals surface area contributed by atoms with E-state index in [0.717, 1.165) is 29.0 Å². The lowest BCUT2D eigenvalue weighted by Gasteiger charge is -2.33. The molecule has 0 aliphatic rings. The largest absolute Gasteiger partial charge is 0.457 e. The molecule has 0 heterocycles. The molecule has 1 atom stereocenters. The number of hydrogen-bond acceptors (Lipinski definition) is 5. The molecular formula is C30H36ClN3O5S. The van der Waals surface area contributed by atoms with Crippen LogP contribution in [0.15, 0.2) is 78.9 Å². The van der Waals surface area contributed by atoms with Crippen LogP contribution in [0, 0.1) is 0 Å². The van der Waals surface area contributed by atoms with E-state index in [9.17, 15) is 18.0 Å². The molecule has 0 aliphatic carbocycles. The molecule has 0 spiro atoms. The lowest BCUT2D eigenvalue weighted by atomic mass is 10.1. The third-order valence-electron chi connectivity index (χ3n) is 6.26. The summed E-state index contributed by atoms with van der Waals surface area (Å²) in [4.78, 5) is 28.3. The Kier molecular flexibility index (Phi) is 11.4. The average Bonchev–Trinajstić information content (AvgIpc) is 2.93. The summed E-state index contributed by atoms with van der Waals surface area (Å²) in [6.45, 7) is 4.01. The van der Waals surface area contributed by atoms with Crippen LogP contribution in [-0.2, 0) is 26.2 Å². The monoisotopic (exact) mass is 585 g/mol. The summed E-state index contributed by atoms with van der Waals surface area (Å²) in [5, 5.41) is 3.46. The van der Waals surface area contributed by atoms with Crippen molar-refractivity contribution in [3.63, 3.8) is 0 Å². The number of nitrogens with zero attached hydrogens (tertiary/aromatic N) is 2. The normalized spacial score (nSPS) is 11.9. The smallest absolute Gasteiger partial charge is 0.244 e. The van der Waals surface area contributed by atoms with Gasteiger partial charge in [0.05, 0.1) is 11.9 Å². The van der Waals surface area contributed by atoms with Crippen LogP contribution in [0.1, 0.15) is 38.7 Å². The summed E-state index contributed by atoms with van der Waals surface area (Å²) in [6, 6.07) is 21.9. The Morgan fingerprint density at radius 2 is 1.55 bits per heavy atom. The van der Waals surface area contributed by atoms with E-state index in [4.69, 9.17) is 16.3 Å². The number of para-hydroxylation sites is 1. The average molecular weight is 586 g/mol. The van der Waals surface area contributed by atoms with Crippen molar-refractivity contribution in [2.24, 2.45) is 0 Å². The summed E-state index contributed by atoms with van der Waals surface area (Å²) in [5.41, 5.74) is 1.08. The fraction of sp³-hybridized carbons (Fsp3) is 0.333. The third-order valence-corrected chi connectivity index (χ3v) is 7.66. The number of hydrogen-bond donors (Lipinski definition) is 1. The fourth-order valence-electron chi connectivity index (χ4n) is 4.13. The second kappa shape index (κ2) is 14.7. The molecule has 0 aliphatic heterocycles. The SMILES string of the molecule is CCCCNC(=O)[C@H](CC)N(Cc1ccc(Cl)cc1)C(=O)CN(c1ccc(Oc2ccccc2)cc1)S(C)(=O)=O. The maximum atomic E-state index is 13.8. The Hall–Kier alpha value is -3.56. The summed E-state index contributed by atoms with van der Waals surface area (Å²) in [6.07, 6.45) is 3.15. The molecule has 0 bridgehead atoms. The van der Waals surface area contributed by atoms with Gasteiger partial charge in [0.15, 0.2) is 0 Å². The molecule has 0 unspecified atom stereocenters. The fourth-order valence-corrected chi connectivity index (χ4v) is 5.11. The number of anilines is 1. The van der Waals surface area contributed by atoms with Gasteiger partial charge in [-0.3, -0.25) is 13.9 Å². The number of amides is 2. The first-order valence-corrected chi connectivity index (χ1v) is 15.5. The second-order valence-electron chi connectivity index (χ2n) is 9.40. The molecule has 214 valence electrons. The highest BCUT2D eigenvalue weighted by Gasteiger charge is 2.31. The zero-order valence-electron chi connectivity index (χ0n) is 23.0. The van der Waals surface area contributed by atoms with Crippen molar-refractivity contribution in [2.45, 2.75) is 45.7 Å². The van der Waals surface area contributed by atoms with Crippen LogP contribution in [-0.4, -0.2) is 50.5 Å².